The van der Waals surface area contributed by atoms with E-state index in [0.717, 1.165) is 30.2 Å². The van der Waals surface area contributed by atoms with Gasteiger partial charge < -0.3 is 10.1 Å². The normalized spacial score (nSPS) is 14.8. The van der Waals surface area contributed by atoms with E-state index >= 15 is 0 Å². The molecule has 1 saturated carbocycles. The SMILES string of the molecule is CCc1cc(C(CNC(=O)c2cc(OC3CC3)c3ncc(F)cc3c2)C(F)(F)F)nc(C)c1C. The van der Waals surface area contributed by atoms with Crippen LogP contribution in [-0.2, 0) is 6.42 Å². The third kappa shape index (κ3) is 5.13. The Bertz CT molecular complexity index is 1240. The summed E-state index contributed by atoms with van der Waals surface area (Å²) in [4.78, 5) is 21.1. The number of alkyl halides is 3. The Kier molecular flexibility index (Phi) is 6.47. The first-order valence-corrected chi connectivity index (χ1v) is 11.1. The highest BCUT2D eigenvalue weighted by Gasteiger charge is 2.42. The summed E-state index contributed by atoms with van der Waals surface area (Å²) in [7, 11) is 0. The van der Waals surface area contributed by atoms with Crippen molar-refractivity contribution in [3.05, 3.63) is 64.4 Å². The summed E-state index contributed by atoms with van der Waals surface area (Å²) in [6.45, 7) is 4.69. The number of amides is 1. The zero-order valence-electron chi connectivity index (χ0n) is 19.1. The molecule has 1 atom stereocenters. The molecule has 2 aromatic heterocycles. The first-order valence-electron chi connectivity index (χ1n) is 11.1. The summed E-state index contributed by atoms with van der Waals surface area (Å²) in [5, 5.41) is 2.71. The second-order valence-corrected chi connectivity index (χ2v) is 8.59. The van der Waals surface area contributed by atoms with Gasteiger partial charge in [-0.25, -0.2) is 9.37 Å². The number of aromatic nitrogens is 2. The van der Waals surface area contributed by atoms with E-state index in [2.05, 4.69) is 15.3 Å². The Morgan fingerprint density at radius 3 is 2.59 bits per heavy atom. The average Bonchev–Trinajstić information content (AvgIpc) is 3.58. The molecule has 3 aromatic rings. The predicted molar refractivity (Wildman–Crippen MR) is 120 cm³/mol. The van der Waals surface area contributed by atoms with E-state index in [4.69, 9.17) is 4.74 Å². The second-order valence-electron chi connectivity index (χ2n) is 8.59. The summed E-state index contributed by atoms with van der Waals surface area (Å²) in [6.07, 6.45) is -1.28. The van der Waals surface area contributed by atoms with Gasteiger partial charge in [0.15, 0.2) is 0 Å². The maximum atomic E-state index is 13.9. The predicted octanol–water partition coefficient (Wildman–Crippen LogP) is 5.57. The quantitative estimate of drug-likeness (QED) is 0.454. The van der Waals surface area contributed by atoms with Crippen LogP contribution < -0.4 is 10.1 Å². The van der Waals surface area contributed by atoms with Crippen molar-refractivity contribution >= 4 is 16.8 Å². The molecule has 0 aliphatic heterocycles. The van der Waals surface area contributed by atoms with Gasteiger partial charge in [-0.2, -0.15) is 13.2 Å². The number of ether oxygens (including phenoxy) is 1. The van der Waals surface area contributed by atoms with Crippen LogP contribution in [0.25, 0.3) is 10.9 Å². The van der Waals surface area contributed by atoms with E-state index in [1.54, 1.807) is 6.92 Å². The first-order chi connectivity index (χ1) is 16.1. The van der Waals surface area contributed by atoms with E-state index < -0.39 is 30.4 Å². The molecule has 2 heterocycles. The number of fused-ring (bicyclic) bond motifs is 1. The number of nitrogens with zero attached hydrogens (tertiary/aromatic N) is 2. The molecule has 1 aromatic carbocycles. The van der Waals surface area contributed by atoms with E-state index in [9.17, 15) is 22.4 Å². The number of nitrogens with one attached hydrogen (secondary N) is 1. The van der Waals surface area contributed by atoms with Crippen molar-refractivity contribution in [3.8, 4) is 5.75 Å². The Morgan fingerprint density at radius 1 is 1.21 bits per heavy atom. The molecule has 34 heavy (non-hydrogen) atoms. The molecule has 1 amide bonds. The molecule has 5 nitrogen and oxygen atoms in total. The van der Waals surface area contributed by atoms with E-state index in [1.807, 2.05) is 13.8 Å². The molecular weight excluding hydrogens is 450 g/mol. The lowest BCUT2D eigenvalue weighted by atomic mass is 9.97. The highest BCUT2D eigenvalue weighted by atomic mass is 19.4. The molecule has 1 unspecified atom stereocenters. The number of carbonyl (C=O) groups is 1. The van der Waals surface area contributed by atoms with Gasteiger partial charge in [0.05, 0.1) is 18.0 Å². The lowest BCUT2D eigenvalue weighted by Gasteiger charge is -2.22. The number of rotatable bonds is 7. The van der Waals surface area contributed by atoms with Crippen LogP contribution in [0.2, 0.25) is 0 Å². The number of aryl methyl sites for hydroxylation is 2. The van der Waals surface area contributed by atoms with Gasteiger partial charge in [0.2, 0.25) is 0 Å². The minimum atomic E-state index is -4.61. The second kappa shape index (κ2) is 9.19. The van der Waals surface area contributed by atoms with Gasteiger partial charge in [-0.15, -0.1) is 0 Å². The van der Waals surface area contributed by atoms with Crippen LogP contribution in [0, 0.1) is 19.7 Å². The van der Waals surface area contributed by atoms with Gasteiger partial charge in [0.25, 0.3) is 5.91 Å². The molecular formula is C25H25F4N3O2. The molecule has 4 rings (SSSR count). The Labute approximate surface area is 194 Å². The first kappa shape index (κ1) is 23.9. The fourth-order valence-corrected chi connectivity index (χ4v) is 3.84. The van der Waals surface area contributed by atoms with Crippen LogP contribution in [-0.4, -0.2) is 34.7 Å². The number of pyridine rings is 2. The van der Waals surface area contributed by atoms with Gasteiger partial charge in [-0.1, -0.05) is 6.92 Å². The summed E-state index contributed by atoms with van der Waals surface area (Å²) >= 11 is 0. The van der Waals surface area contributed by atoms with E-state index in [-0.39, 0.29) is 17.4 Å². The smallest absolute Gasteiger partial charge is 0.398 e. The highest BCUT2D eigenvalue weighted by molar-refractivity contribution is 5.99. The molecule has 0 bridgehead atoms. The van der Waals surface area contributed by atoms with Gasteiger partial charge in [0.1, 0.15) is 23.0 Å². The third-order valence-electron chi connectivity index (χ3n) is 6.04. The molecule has 9 heteroatoms. The Balaban J connectivity index is 1.61. The molecule has 1 N–H and O–H groups in total. The average molecular weight is 475 g/mol. The van der Waals surface area contributed by atoms with Crippen LogP contribution in [0.1, 0.15) is 58.6 Å². The molecule has 0 radical (unpaired) electrons. The van der Waals surface area contributed by atoms with E-state index in [1.165, 1.54) is 24.3 Å². The van der Waals surface area contributed by atoms with Crippen molar-refractivity contribution in [1.82, 2.24) is 15.3 Å². The molecule has 1 aliphatic carbocycles. The van der Waals surface area contributed by atoms with Gasteiger partial charge in [-0.3, -0.25) is 9.78 Å². The number of hydrogen-bond donors (Lipinski definition) is 1. The number of hydrogen-bond acceptors (Lipinski definition) is 4. The molecule has 0 saturated heterocycles. The monoisotopic (exact) mass is 475 g/mol. The van der Waals surface area contributed by atoms with Crippen LogP contribution in [0.3, 0.4) is 0 Å². The minimum absolute atomic E-state index is 0.00779. The van der Waals surface area contributed by atoms with Crippen molar-refractivity contribution in [2.24, 2.45) is 0 Å². The number of carbonyl (C=O) groups excluding carboxylic acids is 1. The maximum Gasteiger partial charge on any atom is 0.398 e. The van der Waals surface area contributed by atoms with Crippen molar-refractivity contribution in [2.45, 2.75) is 58.2 Å². The van der Waals surface area contributed by atoms with Crippen LogP contribution in [0.5, 0.6) is 5.75 Å². The molecule has 0 spiro atoms. The van der Waals surface area contributed by atoms with Gasteiger partial charge in [0, 0.05) is 23.2 Å². The number of halogens is 4. The summed E-state index contributed by atoms with van der Waals surface area (Å²) in [5.41, 5.74) is 2.50. The lowest BCUT2D eigenvalue weighted by molar-refractivity contribution is -0.149. The number of benzene rings is 1. The third-order valence-corrected chi connectivity index (χ3v) is 6.04. The fourth-order valence-electron chi connectivity index (χ4n) is 3.84. The summed E-state index contributed by atoms with van der Waals surface area (Å²) in [5.74, 6) is -2.98. The highest BCUT2D eigenvalue weighted by Crippen LogP contribution is 2.35. The summed E-state index contributed by atoms with van der Waals surface area (Å²) < 4.78 is 61.3. The zero-order chi connectivity index (χ0) is 24.6. The van der Waals surface area contributed by atoms with Crippen molar-refractivity contribution < 1.29 is 27.1 Å². The largest absolute Gasteiger partial charge is 0.488 e. The molecule has 1 aliphatic rings. The maximum absolute atomic E-state index is 13.9. The van der Waals surface area contributed by atoms with Crippen LogP contribution in [0.15, 0.2) is 30.5 Å². The standard InChI is InChI=1S/C25H25F4N3O2/c1-4-15-9-21(32-14(3)13(15)2)20(25(27,28)29)12-31-24(33)17-7-16-8-18(26)11-30-23(16)22(10-17)34-19-5-6-19/h7-11,19-20H,4-6,12H2,1-3H3,(H,31,33). The molecule has 180 valence electrons. The minimum Gasteiger partial charge on any atom is -0.488 e. The van der Waals surface area contributed by atoms with Crippen molar-refractivity contribution in [2.75, 3.05) is 6.54 Å². The van der Waals surface area contributed by atoms with Crippen LogP contribution >= 0.6 is 0 Å². The Hall–Kier alpha value is -3.23. The van der Waals surface area contributed by atoms with Crippen molar-refractivity contribution in [1.29, 1.82) is 0 Å². The summed E-state index contributed by atoms with van der Waals surface area (Å²) in [6, 6.07) is 5.50. The fraction of sp³-hybridized carbons (Fsp3) is 0.400. The Morgan fingerprint density at radius 2 is 1.94 bits per heavy atom. The lowest BCUT2D eigenvalue weighted by Crippen LogP contribution is -2.35. The topological polar surface area (TPSA) is 64.1 Å². The van der Waals surface area contributed by atoms with Gasteiger partial charge in [-0.05, 0) is 68.5 Å². The zero-order valence-corrected chi connectivity index (χ0v) is 19.1. The van der Waals surface area contributed by atoms with Crippen LogP contribution in [0.4, 0.5) is 17.6 Å². The van der Waals surface area contributed by atoms with Crippen molar-refractivity contribution in [3.63, 3.8) is 0 Å². The molecule has 1 fully saturated rings. The van der Waals surface area contributed by atoms with Gasteiger partial charge >= 0.3 is 6.18 Å². The van der Waals surface area contributed by atoms with E-state index in [0.29, 0.717) is 28.8 Å².